The summed E-state index contributed by atoms with van der Waals surface area (Å²) >= 11 is 0. The van der Waals surface area contributed by atoms with Crippen molar-refractivity contribution in [2.45, 2.75) is 57.6 Å². The van der Waals surface area contributed by atoms with Gasteiger partial charge in [-0.05, 0) is 62.1 Å². The third kappa shape index (κ3) is 5.04. The molecule has 0 unspecified atom stereocenters. The standard InChI is InChI=1S/C26H29F3N4O3/c1-15-16(2)23(36-14-21(34)11-30-4)7-6-22(15)17(3)32-12-20-9-19(32)13-33(20)25(35)18-5-8-24(31-10-18)26(27,28)29/h5-8,10,17,19-21,34H,9,11-14H2,1-3H3/t17-,19+,20+,21-/m0/s1. The van der Waals surface area contributed by atoms with Crippen molar-refractivity contribution in [1.29, 1.82) is 0 Å². The van der Waals surface area contributed by atoms with Crippen molar-refractivity contribution in [2.24, 2.45) is 0 Å². The van der Waals surface area contributed by atoms with Crippen molar-refractivity contribution in [2.75, 3.05) is 26.2 Å². The number of halogens is 3. The van der Waals surface area contributed by atoms with Gasteiger partial charge in [-0.3, -0.25) is 14.7 Å². The van der Waals surface area contributed by atoms with E-state index in [1.807, 2.05) is 26.0 Å². The van der Waals surface area contributed by atoms with Gasteiger partial charge >= 0.3 is 6.18 Å². The summed E-state index contributed by atoms with van der Waals surface area (Å²) in [7, 11) is 0. The van der Waals surface area contributed by atoms with Crippen LogP contribution in [0.5, 0.6) is 5.75 Å². The molecule has 4 atom stereocenters. The molecule has 1 N–H and O–H groups in total. The number of aliphatic hydroxyl groups excluding tert-OH is 1. The van der Waals surface area contributed by atoms with Gasteiger partial charge in [-0.15, -0.1) is 0 Å². The van der Waals surface area contributed by atoms with E-state index in [1.165, 1.54) is 6.07 Å². The van der Waals surface area contributed by atoms with E-state index in [2.05, 4.69) is 21.7 Å². The fraction of sp³-hybridized carbons (Fsp3) is 0.500. The normalized spacial score (nSPS) is 21.3. The molecule has 36 heavy (non-hydrogen) atoms. The molecule has 192 valence electrons. The van der Waals surface area contributed by atoms with E-state index >= 15 is 0 Å². The van der Waals surface area contributed by atoms with E-state index in [1.54, 1.807) is 4.90 Å². The minimum Gasteiger partial charge on any atom is -0.490 e. The van der Waals surface area contributed by atoms with E-state index in [-0.39, 0.29) is 42.7 Å². The van der Waals surface area contributed by atoms with Crippen LogP contribution in [0, 0.1) is 20.4 Å². The SMILES string of the molecule is [C-]#[N+]C[C@H](O)COc1ccc([C@H](C)N2C[C@H]3C[C@@H]2CN3C(=O)c2ccc(C(F)(F)F)nc2)c(C)c1C. The lowest BCUT2D eigenvalue weighted by Crippen LogP contribution is -2.49. The summed E-state index contributed by atoms with van der Waals surface area (Å²) in [5.74, 6) is 0.391. The molecule has 7 nitrogen and oxygen atoms in total. The first kappa shape index (κ1) is 25.9. The van der Waals surface area contributed by atoms with Gasteiger partial charge in [0.1, 0.15) is 18.1 Å². The highest BCUT2D eigenvalue weighted by atomic mass is 19.4. The maximum absolute atomic E-state index is 13.0. The van der Waals surface area contributed by atoms with Gasteiger partial charge in [0.2, 0.25) is 6.54 Å². The first-order valence-corrected chi connectivity index (χ1v) is 11.8. The molecule has 0 spiro atoms. The molecular weight excluding hydrogens is 473 g/mol. The number of fused-ring (bicyclic) bond motifs is 2. The Morgan fingerprint density at radius 2 is 1.97 bits per heavy atom. The number of nitrogens with zero attached hydrogens (tertiary/aromatic N) is 4. The third-order valence-corrected chi connectivity index (χ3v) is 7.30. The van der Waals surface area contributed by atoms with Crippen LogP contribution in [-0.4, -0.2) is 70.2 Å². The maximum atomic E-state index is 13.0. The average molecular weight is 503 g/mol. The fourth-order valence-corrected chi connectivity index (χ4v) is 5.22. The van der Waals surface area contributed by atoms with Gasteiger partial charge in [0.25, 0.3) is 5.91 Å². The quantitative estimate of drug-likeness (QED) is 0.579. The molecule has 1 amide bonds. The fourth-order valence-electron chi connectivity index (χ4n) is 5.22. The first-order valence-electron chi connectivity index (χ1n) is 11.8. The Labute approximate surface area is 208 Å². The number of benzene rings is 1. The Balaban J connectivity index is 1.41. The van der Waals surface area contributed by atoms with Gasteiger partial charge in [-0.1, -0.05) is 6.07 Å². The van der Waals surface area contributed by atoms with Crippen LogP contribution in [-0.2, 0) is 6.18 Å². The molecule has 2 aromatic rings. The first-order chi connectivity index (χ1) is 17.0. The molecule has 3 heterocycles. The van der Waals surface area contributed by atoms with Gasteiger partial charge in [0, 0.05) is 37.4 Å². The summed E-state index contributed by atoms with van der Waals surface area (Å²) in [6.07, 6.45) is -3.54. The smallest absolute Gasteiger partial charge is 0.433 e. The van der Waals surface area contributed by atoms with Crippen LogP contribution in [0.4, 0.5) is 13.2 Å². The van der Waals surface area contributed by atoms with Crippen LogP contribution >= 0.6 is 0 Å². The lowest BCUT2D eigenvalue weighted by Gasteiger charge is -2.38. The van der Waals surface area contributed by atoms with E-state index < -0.39 is 18.0 Å². The molecular formula is C26H29F3N4O3. The predicted molar refractivity (Wildman–Crippen MR) is 126 cm³/mol. The second kappa shape index (κ2) is 10.1. The molecule has 4 rings (SSSR count). The minimum absolute atomic E-state index is 0.000175. The number of hydrogen-bond acceptors (Lipinski definition) is 5. The molecule has 0 radical (unpaired) electrons. The number of pyridine rings is 1. The van der Waals surface area contributed by atoms with Crippen LogP contribution in [0.15, 0.2) is 30.5 Å². The number of piperazine rings is 1. The van der Waals surface area contributed by atoms with Crippen molar-refractivity contribution in [3.63, 3.8) is 0 Å². The summed E-state index contributed by atoms with van der Waals surface area (Å²) < 4.78 is 44.1. The molecule has 0 saturated carbocycles. The number of carbonyl (C=O) groups is 1. The van der Waals surface area contributed by atoms with Crippen LogP contribution < -0.4 is 4.74 Å². The molecule has 2 aliphatic heterocycles. The number of aliphatic hydroxyl groups is 1. The minimum atomic E-state index is -4.54. The molecule has 1 aromatic heterocycles. The summed E-state index contributed by atoms with van der Waals surface area (Å²) in [6, 6.07) is 6.22. The summed E-state index contributed by atoms with van der Waals surface area (Å²) in [5, 5.41) is 9.77. The second-order valence-electron chi connectivity index (χ2n) is 9.51. The highest BCUT2D eigenvalue weighted by molar-refractivity contribution is 5.94. The van der Waals surface area contributed by atoms with Gasteiger partial charge in [-0.2, -0.15) is 13.2 Å². The number of likely N-dealkylation sites (tertiary alicyclic amines) is 2. The topological polar surface area (TPSA) is 70.3 Å². The Morgan fingerprint density at radius 1 is 1.22 bits per heavy atom. The Kier molecular flexibility index (Phi) is 7.25. The Hall–Kier alpha value is -3.16. The number of aromatic nitrogens is 1. The van der Waals surface area contributed by atoms with Crippen molar-refractivity contribution in [3.05, 3.63) is 69.8 Å². The van der Waals surface area contributed by atoms with E-state index in [0.29, 0.717) is 18.8 Å². The van der Waals surface area contributed by atoms with E-state index in [9.17, 15) is 23.1 Å². The molecule has 1 aromatic carbocycles. The Morgan fingerprint density at radius 3 is 2.56 bits per heavy atom. The monoisotopic (exact) mass is 502 g/mol. The maximum Gasteiger partial charge on any atom is 0.433 e. The zero-order valence-electron chi connectivity index (χ0n) is 20.4. The highest BCUT2D eigenvalue weighted by Crippen LogP contribution is 2.39. The van der Waals surface area contributed by atoms with Gasteiger partial charge in [-0.25, -0.2) is 6.57 Å². The van der Waals surface area contributed by atoms with Gasteiger partial charge in [0.15, 0.2) is 6.10 Å². The summed E-state index contributed by atoms with van der Waals surface area (Å²) in [6.45, 7) is 14.2. The van der Waals surface area contributed by atoms with Crippen LogP contribution in [0.25, 0.3) is 4.85 Å². The second-order valence-corrected chi connectivity index (χ2v) is 9.51. The number of amides is 1. The zero-order chi connectivity index (χ0) is 26.2. The lowest BCUT2D eigenvalue weighted by molar-refractivity contribution is -0.141. The number of rotatable bonds is 7. The largest absolute Gasteiger partial charge is 0.490 e. The van der Waals surface area contributed by atoms with Crippen LogP contribution in [0.3, 0.4) is 0 Å². The molecule has 2 bridgehead atoms. The van der Waals surface area contributed by atoms with E-state index in [4.69, 9.17) is 11.3 Å². The zero-order valence-corrected chi connectivity index (χ0v) is 20.4. The highest BCUT2D eigenvalue weighted by Gasteiger charge is 2.47. The summed E-state index contributed by atoms with van der Waals surface area (Å²) in [5.41, 5.74) is 2.37. The Bertz CT molecular complexity index is 1160. The number of ether oxygens (including phenoxy) is 1. The molecule has 10 heteroatoms. The van der Waals surface area contributed by atoms with Crippen LogP contribution in [0.1, 0.15) is 52.1 Å². The van der Waals surface area contributed by atoms with Gasteiger partial charge < -0.3 is 19.6 Å². The van der Waals surface area contributed by atoms with Crippen LogP contribution in [0.2, 0.25) is 0 Å². The van der Waals surface area contributed by atoms with Crippen molar-refractivity contribution < 1.29 is 27.8 Å². The predicted octanol–water partition coefficient (Wildman–Crippen LogP) is 4.04. The summed E-state index contributed by atoms with van der Waals surface area (Å²) in [4.78, 5) is 23.7. The van der Waals surface area contributed by atoms with Crippen molar-refractivity contribution >= 4 is 5.91 Å². The van der Waals surface area contributed by atoms with Gasteiger partial charge in [0.05, 0.1) is 5.56 Å². The number of hydrogen-bond donors (Lipinski definition) is 1. The number of carbonyl (C=O) groups excluding carboxylic acids is 1. The van der Waals surface area contributed by atoms with Crippen molar-refractivity contribution in [3.8, 4) is 5.75 Å². The average Bonchev–Trinajstić information content (AvgIpc) is 3.45. The van der Waals surface area contributed by atoms with Crippen molar-refractivity contribution in [1.82, 2.24) is 14.8 Å². The molecule has 0 aliphatic carbocycles. The van der Waals surface area contributed by atoms with E-state index in [0.717, 1.165) is 35.4 Å². The molecule has 2 saturated heterocycles. The lowest BCUT2D eigenvalue weighted by atomic mass is 9.96. The molecule has 2 fully saturated rings. The third-order valence-electron chi connectivity index (χ3n) is 7.30. The number of alkyl halides is 3. The molecule has 2 aliphatic rings.